The van der Waals surface area contributed by atoms with Gasteiger partial charge in [-0.1, -0.05) is 0 Å². The summed E-state index contributed by atoms with van der Waals surface area (Å²) in [5.41, 5.74) is 6.82. The quantitative estimate of drug-likeness (QED) is 0.855. The van der Waals surface area contributed by atoms with Crippen LogP contribution in [0.25, 0.3) is 0 Å². The molecule has 3 N–H and O–H groups in total. The minimum Gasteiger partial charge on any atom is -0.339 e. The van der Waals surface area contributed by atoms with E-state index < -0.39 is 10.0 Å². The SMILES string of the molecule is CS(=O)(=O)Nc1ccc(C(=O)N2CCC(N)CC2)cc1. The molecule has 0 unspecified atom stereocenters. The highest BCUT2D eigenvalue weighted by molar-refractivity contribution is 7.92. The van der Waals surface area contributed by atoms with Crippen LogP contribution in [0.3, 0.4) is 0 Å². The number of nitrogens with zero attached hydrogens (tertiary/aromatic N) is 1. The fraction of sp³-hybridized carbons (Fsp3) is 0.462. The van der Waals surface area contributed by atoms with Crippen molar-refractivity contribution >= 4 is 21.6 Å². The van der Waals surface area contributed by atoms with E-state index in [0.717, 1.165) is 19.1 Å². The molecule has 0 aromatic heterocycles. The number of nitrogens with one attached hydrogen (secondary N) is 1. The zero-order valence-electron chi connectivity index (χ0n) is 11.4. The van der Waals surface area contributed by atoms with Gasteiger partial charge in [-0.05, 0) is 37.1 Å². The van der Waals surface area contributed by atoms with Crippen molar-refractivity contribution in [1.29, 1.82) is 0 Å². The van der Waals surface area contributed by atoms with Crippen LogP contribution >= 0.6 is 0 Å². The number of likely N-dealkylation sites (tertiary alicyclic amines) is 1. The second kappa shape index (κ2) is 5.80. The van der Waals surface area contributed by atoms with E-state index in [4.69, 9.17) is 5.73 Å². The molecule has 0 saturated carbocycles. The van der Waals surface area contributed by atoms with Crippen molar-refractivity contribution in [3.8, 4) is 0 Å². The summed E-state index contributed by atoms with van der Waals surface area (Å²) in [6.45, 7) is 1.34. The predicted molar refractivity (Wildman–Crippen MR) is 78.0 cm³/mol. The summed E-state index contributed by atoms with van der Waals surface area (Å²) in [5.74, 6) is -0.0391. The molecule has 1 amide bonds. The van der Waals surface area contributed by atoms with Gasteiger partial charge in [-0.3, -0.25) is 9.52 Å². The van der Waals surface area contributed by atoms with Crippen molar-refractivity contribution in [2.45, 2.75) is 18.9 Å². The van der Waals surface area contributed by atoms with E-state index in [9.17, 15) is 13.2 Å². The number of carbonyl (C=O) groups excluding carboxylic acids is 1. The van der Waals surface area contributed by atoms with Crippen LogP contribution in [0.1, 0.15) is 23.2 Å². The number of hydrogen-bond donors (Lipinski definition) is 2. The summed E-state index contributed by atoms with van der Waals surface area (Å²) in [6.07, 6.45) is 2.72. The van der Waals surface area contributed by atoms with Crippen molar-refractivity contribution in [1.82, 2.24) is 4.90 Å². The third kappa shape index (κ3) is 3.94. The first-order valence-electron chi connectivity index (χ1n) is 6.48. The van der Waals surface area contributed by atoms with Crippen LogP contribution in [0, 0.1) is 0 Å². The molecule has 1 aliphatic heterocycles. The molecule has 1 heterocycles. The predicted octanol–water partition coefficient (Wildman–Crippen LogP) is 0.621. The minimum atomic E-state index is -3.30. The number of benzene rings is 1. The third-order valence-electron chi connectivity index (χ3n) is 3.26. The van der Waals surface area contributed by atoms with Gasteiger partial charge in [-0.2, -0.15) is 0 Å². The summed E-state index contributed by atoms with van der Waals surface area (Å²) in [5, 5.41) is 0. The van der Waals surface area contributed by atoms with Gasteiger partial charge in [0.15, 0.2) is 0 Å². The molecule has 2 rings (SSSR count). The Hall–Kier alpha value is -1.60. The first-order chi connectivity index (χ1) is 9.35. The number of hydrogen-bond acceptors (Lipinski definition) is 4. The first kappa shape index (κ1) is 14.8. The number of carbonyl (C=O) groups is 1. The smallest absolute Gasteiger partial charge is 0.253 e. The van der Waals surface area contributed by atoms with Crippen LogP contribution in [-0.4, -0.2) is 44.6 Å². The fourth-order valence-electron chi connectivity index (χ4n) is 2.18. The average Bonchev–Trinajstić information content (AvgIpc) is 2.38. The van der Waals surface area contributed by atoms with Gasteiger partial charge in [0, 0.05) is 30.4 Å². The molecule has 1 saturated heterocycles. The summed E-state index contributed by atoms with van der Waals surface area (Å²) in [6, 6.07) is 6.61. The van der Waals surface area contributed by atoms with E-state index in [1.807, 2.05) is 0 Å². The normalized spacial score (nSPS) is 17.0. The van der Waals surface area contributed by atoms with Gasteiger partial charge in [0.05, 0.1) is 6.26 Å². The molecule has 1 aliphatic rings. The lowest BCUT2D eigenvalue weighted by Gasteiger charge is -2.30. The zero-order valence-corrected chi connectivity index (χ0v) is 12.2. The van der Waals surface area contributed by atoms with Gasteiger partial charge in [0.1, 0.15) is 0 Å². The lowest BCUT2D eigenvalue weighted by atomic mass is 10.0. The molecular weight excluding hydrogens is 278 g/mol. The first-order valence-corrected chi connectivity index (χ1v) is 8.37. The Morgan fingerprint density at radius 2 is 1.80 bits per heavy atom. The van der Waals surface area contributed by atoms with E-state index >= 15 is 0 Å². The van der Waals surface area contributed by atoms with Gasteiger partial charge >= 0.3 is 0 Å². The summed E-state index contributed by atoms with van der Waals surface area (Å²) >= 11 is 0. The van der Waals surface area contributed by atoms with Crippen molar-refractivity contribution in [2.75, 3.05) is 24.1 Å². The molecule has 0 bridgehead atoms. The zero-order chi connectivity index (χ0) is 14.8. The number of sulfonamides is 1. The van der Waals surface area contributed by atoms with Crippen molar-refractivity contribution in [3.63, 3.8) is 0 Å². The van der Waals surface area contributed by atoms with Crippen molar-refractivity contribution in [3.05, 3.63) is 29.8 Å². The highest BCUT2D eigenvalue weighted by Crippen LogP contribution is 2.15. The Kier molecular flexibility index (Phi) is 4.29. The Morgan fingerprint density at radius 1 is 1.25 bits per heavy atom. The molecule has 6 nitrogen and oxygen atoms in total. The average molecular weight is 297 g/mol. The van der Waals surface area contributed by atoms with E-state index in [1.165, 1.54) is 0 Å². The lowest BCUT2D eigenvalue weighted by Crippen LogP contribution is -2.42. The van der Waals surface area contributed by atoms with E-state index in [-0.39, 0.29) is 11.9 Å². The molecule has 7 heteroatoms. The van der Waals surface area contributed by atoms with Crippen LogP contribution in [0.2, 0.25) is 0 Å². The van der Waals surface area contributed by atoms with E-state index in [2.05, 4.69) is 4.72 Å². The maximum Gasteiger partial charge on any atom is 0.253 e. The molecule has 0 radical (unpaired) electrons. The second-order valence-electron chi connectivity index (χ2n) is 5.08. The molecule has 1 aromatic rings. The fourth-order valence-corrected chi connectivity index (χ4v) is 2.74. The van der Waals surface area contributed by atoms with Crippen molar-refractivity contribution in [2.24, 2.45) is 5.73 Å². The highest BCUT2D eigenvalue weighted by Gasteiger charge is 2.21. The van der Waals surface area contributed by atoms with Gasteiger partial charge in [-0.15, -0.1) is 0 Å². The number of nitrogens with two attached hydrogens (primary N) is 1. The monoisotopic (exact) mass is 297 g/mol. The number of rotatable bonds is 3. The molecule has 0 aliphatic carbocycles. The second-order valence-corrected chi connectivity index (χ2v) is 6.83. The Bertz CT molecular complexity index is 575. The van der Waals surface area contributed by atoms with Crippen LogP contribution in [-0.2, 0) is 10.0 Å². The molecular formula is C13H19N3O3S. The van der Waals surface area contributed by atoms with Gasteiger partial charge in [-0.25, -0.2) is 8.42 Å². The van der Waals surface area contributed by atoms with Crippen LogP contribution < -0.4 is 10.5 Å². The Labute approximate surface area is 119 Å². The molecule has 20 heavy (non-hydrogen) atoms. The van der Waals surface area contributed by atoms with Crippen LogP contribution in [0.15, 0.2) is 24.3 Å². The van der Waals surface area contributed by atoms with Crippen LogP contribution in [0.5, 0.6) is 0 Å². The van der Waals surface area contributed by atoms with E-state index in [0.29, 0.717) is 24.3 Å². The van der Waals surface area contributed by atoms with Crippen molar-refractivity contribution < 1.29 is 13.2 Å². The van der Waals surface area contributed by atoms with Crippen LogP contribution in [0.4, 0.5) is 5.69 Å². The van der Waals surface area contributed by atoms with Gasteiger partial charge in [0.2, 0.25) is 10.0 Å². The Morgan fingerprint density at radius 3 is 2.30 bits per heavy atom. The molecule has 1 fully saturated rings. The molecule has 0 atom stereocenters. The molecule has 1 aromatic carbocycles. The standard InChI is InChI=1S/C13H19N3O3S/c1-20(18,19)15-12-4-2-10(3-5-12)13(17)16-8-6-11(14)7-9-16/h2-5,11,15H,6-9,14H2,1H3. The van der Waals surface area contributed by atoms with Gasteiger partial charge < -0.3 is 10.6 Å². The topological polar surface area (TPSA) is 92.5 Å². The maximum atomic E-state index is 12.2. The molecule has 0 spiro atoms. The number of anilines is 1. The highest BCUT2D eigenvalue weighted by atomic mass is 32.2. The Balaban J connectivity index is 2.04. The maximum absolute atomic E-state index is 12.2. The lowest BCUT2D eigenvalue weighted by molar-refractivity contribution is 0.0715. The summed E-state index contributed by atoms with van der Waals surface area (Å²) in [7, 11) is -3.30. The largest absolute Gasteiger partial charge is 0.339 e. The summed E-state index contributed by atoms with van der Waals surface area (Å²) < 4.78 is 24.6. The third-order valence-corrected chi connectivity index (χ3v) is 3.87. The number of amides is 1. The number of piperidine rings is 1. The summed E-state index contributed by atoms with van der Waals surface area (Å²) in [4.78, 5) is 14.0. The van der Waals surface area contributed by atoms with Gasteiger partial charge in [0.25, 0.3) is 5.91 Å². The van der Waals surface area contributed by atoms with E-state index in [1.54, 1.807) is 29.2 Å². The molecule has 110 valence electrons. The minimum absolute atomic E-state index is 0.0391.